The molecule has 0 amide bonds. The van der Waals surface area contributed by atoms with Gasteiger partial charge in [-0.25, -0.2) is 0 Å². The minimum absolute atomic E-state index is 0.537. The molecule has 0 aliphatic heterocycles. The zero-order valence-electron chi connectivity index (χ0n) is 7.30. The van der Waals surface area contributed by atoms with Gasteiger partial charge in [-0.3, -0.25) is 0 Å². The van der Waals surface area contributed by atoms with E-state index in [1.54, 1.807) is 5.19 Å². The average molecular weight is 163 g/mol. The summed E-state index contributed by atoms with van der Waals surface area (Å²) in [6.07, 6.45) is 1.32. The Labute approximate surface area is 71.5 Å². The van der Waals surface area contributed by atoms with Crippen molar-refractivity contribution in [3.63, 3.8) is 0 Å². The smallest absolute Gasteiger partial charge is 0.0657 e. The predicted molar refractivity (Wildman–Crippen MR) is 53.1 cm³/mol. The van der Waals surface area contributed by atoms with E-state index in [0.717, 1.165) is 0 Å². The number of aryl methyl sites for hydroxylation is 1. The van der Waals surface area contributed by atoms with Crippen LogP contribution in [0.25, 0.3) is 0 Å². The van der Waals surface area contributed by atoms with Crippen LogP contribution in [-0.2, 0) is 0 Å². The van der Waals surface area contributed by atoms with Gasteiger partial charge >= 0.3 is 0 Å². The van der Waals surface area contributed by atoms with E-state index in [4.69, 9.17) is 0 Å². The van der Waals surface area contributed by atoms with Gasteiger partial charge in [0.15, 0.2) is 0 Å². The summed E-state index contributed by atoms with van der Waals surface area (Å²) >= 11 is 0. The molecule has 0 saturated carbocycles. The summed E-state index contributed by atoms with van der Waals surface area (Å²) in [6.45, 7) is 4.39. The maximum atomic E-state index is 2.26. The Kier molecular flexibility index (Phi) is 3.37. The molecule has 0 heterocycles. The third kappa shape index (κ3) is 2.89. The van der Waals surface area contributed by atoms with Crippen LogP contribution in [0.15, 0.2) is 24.3 Å². The fraction of sp³-hybridized carbons (Fsp3) is 0.400. The van der Waals surface area contributed by atoms with Crippen molar-refractivity contribution >= 4 is 14.7 Å². The van der Waals surface area contributed by atoms with Crippen LogP contribution >= 0.6 is 0 Å². The van der Waals surface area contributed by atoms with E-state index in [2.05, 4.69) is 38.1 Å². The Morgan fingerprint density at radius 1 is 1.18 bits per heavy atom. The van der Waals surface area contributed by atoms with Gasteiger partial charge in [0.05, 0.1) is 9.52 Å². The first-order valence-electron chi connectivity index (χ1n) is 4.23. The van der Waals surface area contributed by atoms with Crippen molar-refractivity contribution < 1.29 is 0 Å². The van der Waals surface area contributed by atoms with E-state index >= 15 is 0 Å². The lowest BCUT2D eigenvalue weighted by molar-refractivity contribution is 1.08. The van der Waals surface area contributed by atoms with Crippen molar-refractivity contribution in [2.24, 2.45) is 0 Å². The largest absolute Gasteiger partial charge is 0.0667 e. The normalized spacial score (nSPS) is 10.0. The second-order valence-electron chi connectivity index (χ2n) is 2.90. The van der Waals surface area contributed by atoms with Crippen LogP contribution in [0.3, 0.4) is 0 Å². The van der Waals surface area contributed by atoms with Gasteiger partial charge in [-0.1, -0.05) is 54.4 Å². The topological polar surface area (TPSA) is 0 Å². The summed E-state index contributed by atoms with van der Waals surface area (Å²) in [4.78, 5) is 0. The molecule has 1 aromatic rings. The van der Waals surface area contributed by atoms with Crippen LogP contribution in [0.4, 0.5) is 0 Å². The highest BCUT2D eigenvalue weighted by molar-refractivity contribution is 6.53. The summed E-state index contributed by atoms with van der Waals surface area (Å²) in [5.74, 6) is 0. The number of hydrogen-bond acceptors (Lipinski definition) is 0. The minimum atomic E-state index is 0.537. The molecule has 0 nitrogen and oxygen atoms in total. The fourth-order valence-electron chi connectivity index (χ4n) is 1.01. The molecule has 0 fully saturated rings. The molecule has 0 unspecified atom stereocenters. The van der Waals surface area contributed by atoms with E-state index in [1.807, 2.05) is 0 Å². The Morgan fingerprint density at radius 3 is 2.36 bits per heavy atom. The summed E-state index contributed by atoms with van der Waals surface area (Å²) in [6, 6.07) is 10.3. The van der Waals surface area contributed by atoms with Crippen LogP contribution in [0, 0.1) is 6.92 Å². The molecule has 1 aromatic carbocycles. The molecule has 0 spiro atoms. The maximum Gasteiger partial charge on any atom is 0.0667 e. The quantitative estimate of drug-likeness (QED) is 0.597. The lowest BCUT2D eigenvalue weighted by Crippen LogP contribution is -2.12. The van der Waals surface area contributed by atoms with Gasteiger partial charge in [0.1, 0.15) is 0 Å². The van der Waals surface area contributed by atoms with E-state index in [9.17, 15) is 0 Å². The lowest BCUT2D eigenvalue weighted by Gasteiger charge is -1.98. The van der Waals surface area contributed by atoms with Crippen LogP contribution in [0.1, 0.15) is 18.9 Å². The van der Waals surface area contributed by atoms with Gasteiger partial charge in [0, 0.05) is 0 Å². The molecule has 0 atom stereocenters. The maximum absolute atomic E-state index is 2.26. The van der Waals surface area contributed by atoms with Crippen molar-refractivity contribution in [1.29, 1.82) is 0 Å². The van der Waals surface area contributed by atoms with Gasteiger partial charge in [0.25, 0.3) is 0 Å². The number of benzene rings is 1. The molecule has 0 bridgehead atoms. The molecule has 1 heteroatoms. The van der Waals surface area contributed by atoms with E-state index < -0.39 is 0 Å². The summed E-state index contributed by atoms with van der Waals surface area (Å²) in [7, 11) is 0.537. The van der Waals surface area contributed by atoms with Gasteiger partial charge < -0.3 is 0 Å². The zero-order chi connectivity index (χ0) is 8.10. The van der Waals surface area contributed by atoms with Gasteiger partial charge in [-0.05, 0) is 6.92 Å². The van der Waals surface area contributed by atoms with Gasteiger partial charge in [-0.15, -0.1) is 0 Å². The summed E-state index contributed by atoms with van der Waals surface area (Å²) in [5, 5.41) is 1.55. The van der Waals surface area contributed by atoms with Crippen LogP contribution in [-0.4, -0.2) is 9.52 Å². The van der Waals surface area contributed by atoms with Crippen molar-refractivity contribution in [1.82, 2.24) is 0 Å². The first kappa shape index (κ1) is 8.53. The van der Waals surface area contributed by atoms with E-state index in [1.165, 1.54) is 18.0 Å². The summed E-state index contributed by atoms with van der Waals surface area (Å²) in [5.41, 5.74) is 1.37. The fourth-order valence-corrected chi connectivity index (χ4v) is 2.10. The van der Waals surface area contributed by atoms with Gasteiger partial charge in [-0.2, -0.15) is 0 Å². The average Bonchev–Trinajstić information content (AvgIpc) is 2.04. The first-order chi connectivity index (χ1) is 5.33. The Morgan fingerprint density at radius 2 is 1.82 bits per heavy atom. The Balaban J connectivity index is 2.52. The highest BCUT2D eigenvalue weighted by atomic mass is 28.2. The molecule has 1 rings (SSSR count). The van der Waals surface area contributed by atoms with Crippen LogP contribution in [0.2, 0.25) is 6.04 Å². The second kappa shape index (κ2) is 4.34. The van der Waals surface area contributed by atoms with Crippen molar-refractivity contribution in [3.8, 4) is 0 Å². The Hall–Kier alpha value is -0.563. The molecule has 11 heavy (non-hydrogen) atoms. The van der Waals surface area contributed by atoms with Crippen molar-refractivity contribution in [2.75, 3.05) is 0 Å². The summed E-state index contributed by atoms with van der Waals surface area (Å²) < 4.78 is 0. The molecule has 59 valence electrons. The predicted octanol–water partition coefficient (Wildman–Crippen LogP) is 1.89. The molecule has 0 N–H and O–H groups in total. The Bertz CT molecular complexity index is 201. The first-order valence-corrected chi connectivity index (χ1v) is 5.62. The highest BCUT2D eigenvalue weighted by Crippen LogP contribution is 1.93. The molecule has 0 saturated heterocycles. The third-order valence-electron chi connectivity index (χ3n) is 1.75. The zero-order valence-corrected chi connectivity index (χ0v) is 8.46. The molecular weight excluding hydrogens is 148 g/mol. The van der Waals surface area contributed by atoms with E-state index in [-0.39, 0.29) is 0 Å². The molecule has 0 aliphatic rings. The molecule has 0 aromatic heterocycles. The molecule has 1 radical (unpaired) electrons. The monoisotopic (exact) mass is 163 g/mol. The van der Waals surface area contributed by atoms with Crippen LogP contribution < -0.4 is 5.19 Å². The second-order valence-corrected chi connectivity index (χ2v) is 4.56. The highest BCUT2D eigenvalue weighted by Gasteiger charge is 1.91. The van der Waals surface area contributed by atoms with Crippen molar-refractivity contribution in [3.05, 3.63) is 29.8 Å². The SMILES string of the molecule is CCC[SiH]c1ccc(C)cc1. The van der Waals surface area contributed by atoms with Crippen molar-refractivity contribution in [2.45, 2.75) is 26.3 Å². The number of rotatable bonds is 3. The standard InChI is InChI=1S/C10H15Si/c1-3-8-11-10-6-4-9(2)5-7-10/h4-7,11H,3,8H2,1-2H3. The third-order valence-corrected chi connectivity index (χ3v) is 3.47. The number of hydrogen-bond donors (Lipinski definition) is 0. The van der Waals surface area contributed by atoms with E-state index in [0.29, 0.717) is 9.52 Å². The van der Waals surface area contributed by atoms with Gasteiger partial charge in [0.2, 0.25) is 0 Å². The van der Waals surface area contributed by atoms with Crippen LogP contribution in [0.5, 0.6) is 0 Å². The molecular formula is C10H15Si. The molecule has 0 aliphatic carbocycles. The lowest BCUT2D eigenvalue weighted by atomic mass is 10.2. The minimum Gasteiger partial charge on any atom is -0.0657 e.